The summed E-state index contributed by atoms with van der Waals surface area (Å²) in [4.78, 5) is 29.7. The van der Waals surface area contributed by atoms with Crippen molar-refractivity contribution in [1.82, 2.24) is 9.91 Å². The summed E-state index contributed by atoms with van der Waals surface area (Å²) in [7, 11) is 0. The molecule has 1 saturated heterocycles. The van der Waals surface area contributed by atoms with Crippen molar-refractivity contribution in [3.05, 3.63) is 84.2 Å². The van der Waals surface area contributed by atoms with Gasteiger partial charge in [-0.3, -0.25) is 9.69 Å². The third kappa shape index (κ3) is 5.24. The highest BCUT2D eigenvalue weighted by Gasteiger charge is 2.40. The van der Waals surface area contributed by atoms with Crippen molar-refractivity contribution in [3.63, 3.8) is 0 Å². The first kappa shape index (κ1) is 26.1. The first-order valence-electron chi connectivity index (χ1n) is 12.5. The van der Waals surface area contributed by atoms with Crippen LogP contribution in [0.2, 0.25) is 0 Å². The molecule has 3 aromatic rings. The van der Waals surface area contributed by atoms with Gasteiger partial charge >= 0.3 is 6.03 Å². The monoisotopic (exact) mass is 534 g/mol. The van der Waals surface area contributed by atoms with Gasteiger partial charge in [0.25, 0.3) is 12.3 Å². The minimum atomic E-state index is -1.80. The Balaban J connectivity index is 1.40. The lowest BCUT2D eigenvalue weighted by molar-refractivity contribution is 0.0301. The van der Waals surface area contributed by atoms with E-state index in [1.807, 2.05) is 18.2 Å². The van der Waals surface area contributed by atoms with Crippen LogP contribution in [0, 0.1) is 5.82 Å². The maximum atomic E-state index is 15.1. The van der Waals surface area contributed by atoms with Crippen molar-refractivity contribution in [2.75, 3.05) is 42.8 Å². The van der Waals surface area contributed by atoms with Crippen molar-refractivity contribution in [1.29, 1.82) is 0 Å². The van der Waals surface area contributed by atoms with Gasteiger partial charge in [-0.05, 0) is 53.8 Å². The van der Waals surface area contributed by atoms with Gasteiger partial charge in [0.05, 0.1) is 24.5 Å². The second kappa shape index (κ2) is 11.5. The molecule has 11 nitrogen and oxygen atoms in total. The summed E-state index contributed by atoms with van der Waals surface area (Å²) in [6, 6.07) is 19.3. The summed E-state index contributed by atoms with van der Waals surface area (Å²) >= 11 is 0. The van der Waals surface area contributed by atoms with Gasteiger partial charge in [-0.2, -0.15) is 5.01 Å². The third-order valence-electron chi connectivity index (χ3n) is 6.28. The van der Waals surface area contributed by atoms with Gasteiger partial charge in [-0.15, -0.1) is 5.01 Å². The molecule has 2 heterocycles. The van der Waals surface area contributed by atoms with E-state index in [0.717, 1.165) is 16.1 Å². The molecule has 0 spiro atoms. The lowest BCUT2D eigenvalue weighted by Crippen LogP contribution is -2.48. The lowest BCUT2D eigenvalue weighted by atomic mass is 10.1. The largest absolute Gasteiger partial charge is 0.455 e. The van der Waals surface area contributed by atoms with Crippen LogP contribution in [-0.4, -0.2) is 66.2 Å². The van der Waals surface area contributed by atoms with Gasteiger partial charge in [0.15, 0.2) is 5.75 Å². The minimum Gasteiger partial charge on any atom is -0.455 e. The Morgan fingerprint density at radius 3 is 2.49 bits per heavy atom. The molecule has 3 aromatic carbocycles. The molecule has 1 N–H and O–H groups in total. The first-order chi connectivity index (χ1) is 19.0. The fraction of sp³-hybridized carbons (Fsp3) is 0.259. The van der Waals surface area contributed by atoms with E-state index in [4.69, 9.17) is 9.47 Å². The number of halogens is 1. The smallest absolute Gasteiger partial charge is 0.350 e. The van der Waals surface area contributed by atoms with Crippen LogP contribution in [0.3, 0.4) is 0 Å². The molecule has 0 aliphatic carbocycles. The van der Waals surface area contributed by atoms with Gasteiger partial charge in [-0.25, -0.2) is 9.18 Å². The van der Waals surface area contributed by atoms with Gasteiger partial charge < -0.3 is 19.5 Å². The molecular weight excluding hydrogens is 507 g/mol. The van der Waals surface area contributed by atoms with Crippen molar-refractivity contribution >= 4 is 23.3 Å². The molecule has 1 atom stereocenters. The topological polar surface area (TPSA) is 111 Å². The number of rotatable bonds is 6. The lowest BCUT2D eigenvalue weighted by Gasteiger charge is -2.30. The minimum absolute atomic E-state index is 0.0156. The van der Waals surface area contributed by atoms with Gasteiger partial charge in [0, 0.05) is 19.6 Å². The average Bonchev–Trinajstić information content (AvgIpc) is 3.35. The van der Waals surface area contributed by atoms with E-state index in [9.17, 15) is 14.7 Å². The van der Waals surface area contributed by atoms with Crippen LogP contribution in [0.15, 0.2) is 83.2 Å². The Hall–Kier alpha value is -4.55. The number of morpholine rings is 1. The van der Waals surface area contributed by atoms with Crippen LogP contribution in [0.5, 0.6) is 11.5 Å². The molecule has 12 heteroatoms. The van der Waals surface area contributed by atoms with E-state index >= 15 is 4.39 Å². The molecule has 5 rings (SSSR count). The molecule has 39 heavy (non-hydrogen) atoms. The quantitative estimate of drug-likeness (QED) is 0.502. The van der Waals surface area contributed by atoms with E-state index in [2.05, 4.69) is 10.4 Å². The number of nitrogens with zero attached hydrogens (tertiary/aromatic N) is 6. The van der Waals surface area contributed by atoms with Crippen LogP contribution in [0.4, 0.5) is 20.6 Å². The Morgan fingerprint density at radius 2 is 1.74 bits per heavy atom. The second-order valence-electron chi connectivity index (χ2n) is 8.66. The SMILES string of the molecule is CCN(C(=O)N1N=NN(c2c(F)cccc2C(=O)N2CCOCC2)C1O)c1ccccc1Oc1ccccc1. The molecular formula is C27H27FN6O5. The maximum Gasteiger partial charge on any atom is 0.350 e. The summed E-state index contributed by atoms with van der Waals surface area (Å²) in [6.45, 7) is 3.39. The highest BCUT2D eigenvalue weighted by molar-refractivity contribution is 6.00. The average molecular weight is 535 g/mol. The van der Waals surface area contributed by atoms with E-state index in [1.54, 1.807) is 43.3 Å². The van der Waals surface area contributed by atoms with Gasteiger partial charge in [0.1, 0.15) is 17.3 Å². The molecule has 1 unspecified atom stereocenters. The summed E-state index contributed by atoms with van der Waals surface area (Å²) in [5.41, 5.74) is 0.137. The summed E-state index contributed by atoms with van der Waals surface area (Å²) in [5, 5.41) is 20.3. The molecule has 202 valence electrons. The number of urea groups is 1. The number of carbonyl (C=O) groups is 2. The summed E-state index contributed by atoms with van der Waals surface area (Å²) in [6.07, 6.45) is -1.80. The number of aliphatic hydroxyl groups excluding tert-OH is 1. The second-order valence-corrected chi connectivity index (χ2v) is 8.66. The van der Waals surface area contributed by atoms with E-state index in [1.165, 1.54) is 21.9 Å². The van der Waals surface area contributed by atoms with Crippen molar-refractivity contribution in [2.45, 2.75) is 13.3 Å². The summed E-state index contributed by atoms with van der Waals surface area (Å²) in [5.74, 6) is -0.246. The molecule has 0 bridgehead atoms. The Labute approximate surface area is 224 Å². The Kier molecular flexibility index (Phi) is 7.66. The van der Waals surface area contributed by atoms with E-state index in [0.29, 0.717) is 43.5 Å². The molecule has 1 fully saturated rings. The van der Waals surface area contributed by atoms with Crippen molar-refractivity contribution < 1.29 is 28.6 Å². The maximum absolute atomic E-state index is 15.1. The van der Waals surface area contributed by atoms with Crippen LogP contribution in [0.25, 0.3) is 0 Å². The number of benzene rings is 3. The summed E-state index contributed by atoms with van der Waals surface area (Å²) < 4.78 is 26.4. The predicted molar refractivity (Wildman–Crippen MR) is 140 cm³/mol. The van der Waals surface area contributed by atoms with E-state index < -0.39 is 24.1 Å². The fourth-order valence-corrected chi connectivity index (χ4v) is 4.35. The standard InChI is InChI=1S/C27H27FN6O5/c1-2-32(22-13-6-7-14-23(22)39-19-9-4-3-5-10-19)26(36)34-27(37)33(29-30-34)24-20(11-8-12-21(24)28)25(35)31-15-17-38-18-16-31/h3-14,27,37H,2,15-18H2,1H3. The molecule has 3 amide bonds. The number of hydrogen-bond acceptors (Lipinski definition) is 8. The van der Waals surface area contributed by atoms with Crippen LogP contribution < -0.4 is 14.6 Å². The third-order valence-corrected chi connectivity index (χ3v) is 6.28. The molecule has 2 aliphatic heterocycles. The number of carbonyl (C=O) groups excluding carboxylic acids is 2. The normalized spacial score (nSPS) is 16.9. The number of amides is 3. The molecule has 2 aliphatic rings. The number of para-hydroxylation sites is 4. The number of hydrogen-bond donors (Lipinski definition) is 1. The first-order valence-corrected chi connectivity index (χ1v) is 12.5. The zero-order valence-electron chi connectivity index (χ0n) is 21.2. The van der Waals surface area contributed by atoms with Crippen molar-refractivity contribution in [3.8, 4) is 11.5 Å². The number of ether oxygens (including phenoxy) is 2. The zero-order valence-corrected chi connectivity index (χ0v) is 21.2. The number of anilines is 2. The highest BCUT2D eigenvalue weighted by atomic mass is 19.1. The van der Waals surface area contributed by atoms with Gasteiger partial charge in [0.2, 0.25) is 0 Å². The molecule has 0 radical (unpaired) electrons. The zero-order chi connectivity index (χ0) is 27.4. The molecule has 0 aromatic heterocycles. The van der Waals surface area contributed by atoms with Crippen molar-refractivity contribution in [2.24, 2.45) is 10.4 Å². The Bertz CT molecular complexity index is 1370. The van der Waals surface area contributed by atoms with Crippen LogP contribution in [0.1, 0.15) is 17.3 Å². The van der Waals surface area contributed by atoms with E-state index in [-0.39, 0.29) is 17.8 Å². The Morgan fingerprint density at radius 1 is 1.03 bits per heavy atom. The highest BCUT2D eigenvalue weighted by Crippen LogP contribution is 2.35. The van der Waals surface area contributed by atoms with Crippen LogP contribution in [-0.2, 0) is 4.74 Å². The fourth-order valence-electron chi connectivity index (χ4n) is 4.35. The number of aliphatic hydroxyl groups is 1. The van der Waals surface area contributed by atoms with Gasteiger partial charge in [-0.1, -0.05) is 36.4 Å². The predicted octanol–water partition coefficient (Wildman–Crippen LogP) is 4.42. The van der Waals surface area contributed by atoms with Crippen LogP contribution >= 0.6 is 0 Å². The molecule has 0 saturated carbocycles.